The van der Waals surface area contributed by atoms with Gasteiger partial charge in [0, 0.05) is 33.9 Å². The molecule has 0 aliphatic rings. The molecule has 3 aromatic carbocycles. The summed E-state index contributed by atoms with van der Waals surface area (Å²) in [6, 6.07) is 18.7. The average Bonchev–Trinajstić information content (AvgIpc) is 2.73. The summed E-state index contributed by atoms with van der Waals surface area (Å²) in [6.07, 6.45) is 0. The lowest BCUT2D eigenvalue weighted by atomic mass is 10.2. The Balaban J connectivity index is 1.54. The first-order valence-electron chi connectivity index (χ1n) is 9.47. The predicted octanol–water partition coefficient (Wildman–Crippen LogP) is 5.93. The van der Waals surface area contributed by atoms with Gasteiger partial charge in [0.2, 0.25) is 11.8 Å². The standard InChI is InChI=1S/C23H19Cl2N3O3S/c1-14(29)26-16-6-8-17(9-7-16)27-22(30)13-32-19-4-2-3-18(12-19)28-23(31)20-10-5-15(24)11-21(20)25/h2-12H,13H2,1H3,(H,26,29)(H,27,30)(H,28,31). The van der Waals surface area contributed by atoms with Gasteiger partial charge < -0.3 is 16.0 Å². The van der Waals surface area contributed by atoms with Crippen LogP contribution in [0, 0.1) is 0 Å². The molecular formula is C23H19Cl2N3O3S. The first kappa shape index (κ1) is 23.7. The summed E-state index contributed by atoms with van der Waals surface area (Å²) in [5, 5.41) is 8.98. The molecule has 0 unspecified atom stereocenters. The summed E-state index contributed by atoms with van der Waals surface area (Å²) < 4.78 is 0. The number of hydrogen-bond acceptors (Lipinski definition) is 4. The molecule has 0 aliphatic carbocycles. The van der Waals surface area contributed by atoms with E-state index in [1.165, 1.54) is 24.8 Å². The molecule has 0 aliphatic heterocycles. The van der Waals surface area contributed by atoms with Crippen molar-refractivity contribution in [2.45, 2.75) is 11.8 Å². The molecule has 3 amide bonds. The van der Waals surface area contributed by atoms with E-state index in [9.17, 15) is 14.4 Å². The molecular weight excluding hydrogens is 469 g/mol. The normalized spacial score (nSPS) is 10.3. The number of benzene rings is 3. The predicted molar refractivity (Wildman–Crippen MR) is 131 cm³/mol. The van der Waals surface area contributed by atoms with Crippen molar-refractivity contribution in [3.63, 3.8) is 0 Å². The maximum Gasteiger partial charge on any atom is 0.257 e. The van der Waals surface area contributed by atoms with Gasteiger partial charge in [-0.2, -0.15) is 0 Å². The lowest BCUT2D eigenvalue weighted by molar-refractivity contribution is -0.114. The third kappa shape index (κ3) is 7.02. The lowest BCUT2D eigenvalue weighted by Crippen LogP contribution is -2.14. The lowest BCUT2D eigenvalue weighted by Gasteiger charge is -2.09. The van der Waals surface area contributed by atoms with Crippen LogP contribution in [0.15, 0.2) is 71.6 Å². The molecule has 0 fully saturated rings. The molecule has 0 aromatic heterocycles. The van der Waals surface area contributed by atoms with E-state index in [2.05, 4.69) is 16.0 Å². The minimum atomic E-state index is -0.353. The minimum absolute atomic E-state index is 0.159. The number of carbonyl (C=O) groups excluding carboxylic acids is 3. The highest BCUT2D eigenvalue weighted by atomic mass is 35.5. The van der Waals surface area contributed by atoms with Crippen molar-refractivity contribution in [1.29, 1.82) is 0 Å². The molecule has 3 N–H and O–H groups in total. The third-order valence-electron chi connectivity index (χ3n) is 4.13. The molecule has 0 bridgehead atoms. The van der Waals surface area contributed by atoms with Gasteiger partial charge in [0.25, 0.3) is 5.91 Å². The van der Waals surface area contributed by atoms with Gasteiger partial charge in [0.1, 0.15) is 0 Å². The number of halogens is 2. The monoisotopic (exact) mass is 487 g/mol. The molecule has 0 saturated heterocycles. The largest absolute Gasteiger partial charge is 0.326 e. The number of carbonyl (C=O) groups is 3. The molecule has 0 spiro atoms. The van der Waals surface area contributed by atoms with Crippen LogP contribution >= 0.6 is 35.0 Å². The van der Waals surface area contributed by atoms with E-state index in [1.54, 1.807) is 54.6 Å². The van der Waals surface area contributed by atoms with E-state index in [-0.39, 0.29) is 28.5 Å². The second kappa shape index (κ2) is 11.0. The number of anilines is 3. The maximum absolute atomic E-state index is 12.5. The minimum Gasteiger partial charge on any atom is -0.326 e. The molecule has 32 heavy (non-hydrogen) atoms. The van der Waals surface area contributed by atoms with Crippen molar-refractivity contribution >= 4 is 69.7 Å². The number of thioether (sulfide) groups is 1. The topological polar surface area (TPSA) is 87.3 Å². The highest BCUT2D eigenvalue weighted by Crippen LogP contribution is 2.25. The van der Waals surface area contributed by atoms with Gasteiger partial charge in [-0.25, -0.2) is 0 Å². The fourth-order valence-electron chi connectivity index (χ4n) is 2.72. The van der Waals surface area contributed by atoms with Gasteiger partial charge >= 0.3 is 0 Å². The number of hydrogen-bond donors (Lipinski definition) is 3. The van der Waals surface area contributed by atoms with E-state index in [0.717, 1.165) is 4.90 Å². The van der Waals surface area contributed by atoms with Gasteiger partial charge in [-0.3, -0.25) is 14.4 Å². The molecule has 0 atom stereocenters. The van der Waals surface area contributed by atoms with Gasteiger partial charge in [-0.15, -0.1) is 11.8 Å². The molecule has 9 heteroatoms. The Bertz CT molecular complexity index is 1150. The van der Waals surface area contributed by atoms with Crippen LogP contribution in [-0.4, -0.2) is 23.5 Å². The second-order valence-electron chi connectivity index (χ2n) is 6.70. The van der Waals surface area contributed by atoms with Crippen LogP contribution in [0.25, 0.3) is 0 Å². The Labute approximate surface area is 199 Å². The van der Waals surface area contributed by atoms with Crippen LogP contribution in [0.2, 0.25) is 10.0 Å². The van der Waals surface area contributed by atoms with Crippen molar-refractivity contribution in [2.24, 2.45) is 0 Å². The zero-order chi connectivity index (χ0) is 23.1. The molecule has 0 heterocycles. The van der Waals surface area contributed by atoms with Crippen LogP contribution in [0.5, 0.6) is 0 Å². The maximum atomic E-state index is 12.5. The summed E-state index contributed by atoms with van der Waals surface area (Å²) in [5.74, 6) is -0.500. The summed E-state index contributed by atoms with van der Waals surface area (Å²) in [6.45, 7) is 1.43. The van der Waals surface area contributed by atoms with Crippen molar-refractivity contribution in [3.8, 4) is 0 Å². The number of rotatable bonds is 7. The number of nitrogens with one attached hydrogen (secondary N) is 3. The van der Waals surface area contributed by atoms with Crippen molar-refractivity contribution in [1.82, 2.24) is 0 Å². The van der Waals surface area contributed by atoms with Crippen molar-refractivity contribution < 1.29 is 14.4 Å². The van der Waals surface area contributed by atoms with Crippen LogP contribution in [-0.2, 0) is 9.59 Å². The molecule has 0 radical (unpaired) electrons. The number of amides is 3. The van der Waals surface area contributed by atoms with E-state index in [1.807, 2.05) is 6.07 Å². The molecule has 3 aromatic rings. The highest BCUT2D eigenvalue weighted by Gasteiger charge is 2.12. The van der Waals surface area contributed by atoms with Gasteiger partial charge in [-0.1, -0.05) is 29.3 Å². The van der Waals surface area contributed by atoms with Gasteiger partial charge in [0.15, 0.2) is 0 Å². The van der Waals surface area contributed by atoms with Crippen molar-refractivity contribution in [2.75, 3.05) is 21.7 Å². The second-order valence-corrected chi connectivity index (χ2v) is 8.59. The first-order chi connectivity index (χ1) is 15.3. The summed E-state index contributed by atoms with van der Waals surface area (Å²) in [5.41, 5.74) is 2.19. The summed E-state index contributed by atoms with van der Waals surface area (Å²) in [7, 11) is 0. The fourth-order valence-corrected chi connectivity index (χ4v) is 3.97. The van der Waals surface area contributed by atoms with Crippen molar-refractivity contribution in [3.05, 3.63) is 82.3 Å². The van der Waals surface area contributed by atoms with E-state index < -0.39 is 0 Å². The van der Waals surface area contributed by atoms with Gasteiger partial charge in [0.05, 0.1) is 16.3 Å². The zero-order valence-corrected chi connectivity index (χ0v) is 19.3. The Morgan fingerprint density at radius 1 is 0.812 bits per heavy atom. The smallest absolute Gasteiger partial charge is 0.257 e. The van der Waals surface area contributed by atoms with E-state index in [0.29, 0.717) is 27.6 Å². The van der Waals surface area contributed by atoms with Crippen LogP contribution < -0.4 is 16.0 Å². The molecule has 164 valence electrons. The highest BCUT2D eigenvalue weighted by molar-refractivity contribution is 8.00. The first-order valence-corrected chi connectivity index (χ1v) is 11.2. The zero-order valence-electron chi connectivity index (χ0n) is 16.9. The van der Waals surface area contributed by atoms with E-state index in [4.69, 9.17) is 23.2 Å². The summed E-state index contributed by atoms with van der Waals surface area (Å²) in [4.78, 5) is 36.6. The average molecular weight is 488 g/mol. The van der Waals surface area contributed by atoms with Gasteiger partial charge in [-0.05, 0) is 60.7 Å². The van der Waals surface area contributed by atoms with E-state index >= 15 is 0 Å². The Morgan fingerprint density at radius 3 is 2.16 bits per heavy atom. The van der Waals surface area contributed by atoms with Crippen LogP contribution in [0.4, 0.5) is 17.1 Å². The third-order valence-corrected chi connectivity index (χ3v) is 5.67. The summed E-state index contributed by atoms with van der Waals surface area (Å²) >= 11 is 13.3. The van der Waals surface area contributed by atoms with Crippen LogP contribution in [0.3, 0.4) is 0 Å². The van der Waals surface area contributed by atoms with Crippen LogP contribution in [0.1, 0.15) is 17.3 Å². The fraction of sp³-hybridized carbons (Fsp3) is 0.0870. The quantitative estimate of drug-likeness (QED) is 0.360. The Morgan fingerprint density at radius 2 is 1.50 bits per heavy atom. The Hall–Kier alpha value is -3.00. The molecule has 3 rings (SSSR count). The SMILES string of the molecule is CC(=O)Nc1ccc(NC(=O)CSc2cccc(NC(=O)c3ccc(Cl)cc3Cl)c2)cc1. The molecule has 6 nitrogen and oxygen atoms in total. The molecule has 0 saturated carbocycles. The Kier molecular flexibility index (Phi) is 8.16.